The van der Waals surface area contributed by atoms with Crippen LogP contribution in [0, 0.1) is 5.92 Å². The van der Waals surface area contributed by atoms with Gasteiger partial charge in [0.25, 0.3) is 5.91 Å². The highest BCUT2D eigenvalue weighted by molar-refractivity contribution is 7.92. The number of rotatable bonds is 6. The third-order valence-electron chi connectivity index (χ3n) is 4.44. The van der Waals surface area contributed by atoms with Crippen LogP contribution in [0.25, 0.3) is 0 Å². The molecule has 10 heteroatoms. The minimum atomic E-state index is -3.40. The van der Waals surface area contributed by atoms with Gasteiger partial charge in [-0.1, -0.05) is 0 Å². The van der Waals surface area contributed by atoms with Gasteiger partial charge in [0.1, 0.15) is 11.9 Å². The zero-order chi connectivity index (χ0) is 19.4. The monoisotopic (exact) mass is 393 g/mol. The molecule has 0 spiro atoms. The number of nitrogens with zero attached hydrogens (tertiary/aromatic N) is 3. The molecule has 3 rings (SSSR count). The quantitative estimate of drug-likeness (QED) is 0.759. The van der Waals surface area contributed by atoms with Gasteiger partial charge in [0.15, 0.2) is 0 Å². The second kappa shape index (κ2) is 8.05. The van der Waals surface area contributed by atoms with Gasteiger partial charge in [-0.25, -0.2) is 13.4 Å². The average molecular weight is 393 g/mol. The first kappa shape index (κ1) is 19.3. The molecule has 1 saturated heterocycles. The Morgan fingerprint density at radius 3 is 2.81 bits per heavy atom. The number of amides is 1. The molecule has 2 aromatic heterocycles. The van der Waals surface area contributed by atoms with E-state index in [-0.39, 0.29) is 23.7 Å². The number of hydrogen-bond donors (Lipinski definition) is 2. The Kier molecular flexibility index (Phi) is 5.76. The third kappa shape index (κ3) is 5.04. The van der Waals surface area contributed by atoms with Gasteiger partial charge in [0.2, 0.25) is 10.0 Å². The summed E-state index contributed by atoms with van der Waals surface area (Å²) in [6.45, 7) is 1.16. The van der Waals surface area contributed by atoms with Gasteiger partial charge in [-0.2, -0.15) is 5.10 Å². The topological polar surface area (TPSA) is 115 Å². The van der Waals surface area contributed by atoms with Crippen molar-refractivity contribution in [2.24, 2.45) is 13.0 Å². The van der Waals surface area contributed by atoms with Gasteiger partial charge in [-0.3, -0.25) is 14.2 Å². The molecule has 0 aromatic carbocycles. The highest BCUT2D eigenvalue weighted by Crippen LogP contribution is 2.32. The van der Waals surface area contributed by atoms with Crippen LogP contribution in [0.2, 0.25) is 0 Å². The van der Waals surface area contributed by atoms with Gasteiger partial charge >= 0.3 is 0 Å². The van der Waals surface area contributed by atoms with Gasteiger partial charge in [0, 0.05) is 38.5 Å². The Labute approximate surface area is 158 Å². The van der Waals surface area contributed by atoms with Crippen LogP contribution in [0.4, 0.5) is 5.82 Å². The second-order valence-electron chi connectivity index (χ2n) is 6.59. The largest absolute Gasteiger partial charge is 0.372 e. The lowest BCUT2D eigenvalue weighted by Crippen LogP contribution is -2.35. The van der Waals surface area contributed by atoms with E-state index in [0.29, 0.717) is 18.7 Å². The summed E-state index contributed by atoms with van der Waals surface area (Å²) in [7, 11) is -1.52. The summed E-state index contributed by atoms with van der Waals surface area (Å²) in [5.41, 5.74) is 1.36. The van der Waals surface area contributed by atoms with E-state index >= 15 is 0 Å². The zero-order valence-corrected chi connectivity index (χ0v) is 16.1. The molecule has 1 amide bonds. The molecule has 0 unspecified atom stereocenters. The lowest BCUT2D eigenvalue weighted by atomic mass is 9.92. The summed E-state index contributed by atoms with van der Waals surface area (Å²) in [4.78, 5) is 16.4. The normalized spacial score (nSPS) is 20.2. The van der Waals surface area contributed by atoms with E-state index in [0.717, 1.165) is 24.8 Å². The Hall–Kier alpha value is -2.46. The predicted octanol–water partition coefficient (Wildman–Crippen LogP) is 1.08. The van der Waals surface area contributed by atoms with Crippen molar-refractivity contribution in [3.8, 4) is 0 Å². The SMILES string of the molecule is Cn1nccc1[C@@H]1OCCC[C@H]1CNC(=O)c1ccc(NS(C)(=O)=O)nc1. The van der Waals surface area contributed by atoms with E-state index in [1.54, 1.807) is 10.9 Å². The molecule has 2 aromatic rings. The van der Waals surface area contributed by atoms with Crippen molar-refractivity contribution in [3.63, 3.8) is 0 Å². The Bertz CT molecular complexity index is 894. The van der Waals surface area contributed by atoms with Gasteiger partial charge in [-0.15, -0.1) is 0 Å². The highest BCUT2D eigenvalue weighted by atomic mass is 32.2. The minimum Gasteiger partial charge on any atom is -0.372 e. The van der Waals surface area contributed by atoms with Crippen LogP contribution in [0.15, 0.2) is 30.6 Å². The Morgan fingerprint density at radius 2 is 2.19 bits per heavy atom. The van der Waals surface area contributed by atoms with E-state index in [2.05, 4.69) is 20.1 Å². The van der Waals surface area contributed by atoms with Crippen molar-refractivity contribution in [2.45, 2.75) is 18.9 Å². The summed E-state index contributed by atoms with van der Waals surface area (Å²) in [5, 5.41) is 7.12. The summed E-state index contributed by atoms with van der Waals surface area (Å²) < 4.78 is 32.4. The second-order valence-corrected chi connectivity index (χ2v) is 8.34. The fraction of sp³-hybridized carbons (Fsp3) is 0.471. The first-order chi connectivity index (χ1) is 12.8. The summed E-state index contributed by atoms with van der Waals surface area (Å²) in [6.07, 6.45) is 5.92. The number of aromatic nitrogens is 3. The first-order valence-corrected chi connectivity index (χ1v) is 10.5. The van der Waals surface area contributed by atoms with Gasteiger partial charge in [-0.05, 0) is 31.0 Å². The molecule has 0 saturated carbocycles. The van der Waals surface area contributed by atoms with Crippen molar-refractivity contribution in [2.75, 3.05) is 24.1 Å². The van der Waals surface area contributed by atoms with Crippen LogP contribution in [-0.2, 0) is 21.8 Å². The molecule has 9 nitrogen and oxygen atoms in total. The Balaban J connectivity index is 1.61. The average Bonchev–Trinajstić information content (AvgIpc) is 3.05. The molecule has 27 heavy (non-hydrogen) atoms. The lowest BCUT2D eigenvalue weighted by Gasteiger charge is -2.31. The molecule has 0 radical (unpaired) electrons. The van der Waals surface area contributed by atoms with Crippen LogP contribution in [-0.4, -0.2) is 48.5 Å². The minimum absolute atomic E-state index is 0.106. The number of carbonyl (C=O) groups is 1. The third-order valence-corrected chi connectivity index (χ3v) is 5.02. The summed E-state index contributed by atoms with van der Waals surface area (Å²) in [5.74, 6) is 0.0611. The van der Waals surface area contributed by atoms with E-state index < -0.39 is 10.0 Å². The van der Waals surface area contributed by atoms with E-state index in [4.69, 9.17) is 4.74 Å². The number of hydrogen-bond acceptors (Lipinski definition) is 6. The predicted molar refractivity (Wildman–Crippen MR) is 99.7 cm³/mol. The van der Waals surface area contributed by atoms with Crippen molar-refractivity contribution >= 4 is 21.7 Å². The van der Waals surface area contributed by atoms with Crippen LogP contribution in [0.5, 0.6) is 0 Å². The number of sulfonamides is 1. The van der Waals surface area contributed by atoms with Crippen molar-refractivity contribution < 1.29 is 17.9 Å². The molecular formula is C17H23N5O4S. The molecule has 1 aliphatic heterocycles. The van der Waals surface area contributed by atoms with Gasteiger partial charge in [0.05, 0.1) is 17.5 Å². The van der Waals surface area contributed by atoms with Crippen LogP contribution in [0.1, 0.15) is 35.0 Å². The van der Waals surface area contributed by atoms with Crippen LogP contribution >= 0.6 is 0 Å². The van der Waals surface area contributed by atoms with E-state index in [9.17, 15) is 13.2 Å². The number of nitrogens with one attached hydrogen (secondary N) is 2. The number of pyridine rings is 1. The van der Waals surface area contributed by atoms with Crippen LogP contribution < -0.4 is 10.0 Å². The van der Waals surface area contributed by atoms with Crippen molar-refractivity contribution in [3.05, 3.63) is 41.9 Å². The molecule has 3 heterocycles. The summed E-state index contributed by atoms with van der Waals surface area (Å²) in [6, 6.07) is 4.92. The smallest absolute Gasteiger partial charge is 0.252 e. The van der Waals surface area contributed by atoms with Gasteiger partial charge < -0.3 is 10.1 Å². The number of ether oxygens (including phenoxy) is 1. The molecule has 2 N–H and O–H groups in total. The van der Waals surface area contributed by atoms with Crippen molar-refractivity contribution in [1.82, 2.24) is 20.1 Å². The zero-order valence-electron chi connectivity index (χ0n) is 15.3. The fourth-order valence-electron chi connectivity index (χ4n) is 3.15. The highest BCUT2D eigenvalue weighted by Gasteiger charge is 2.29. The molecular weight excluding hydrogens is 370 g/mol. The molecule has 1 fully saturated rings. The lowest BCUT2D eigenvalue weighted by molar-refractivity contribution is -0.0317. The Morgan fingerprint density at radius 1 is 1.37 bits per heavy atom. The first-order valence-electron chi connectivity index (χ1n) is 8.65. The maximum Gasteiger partial charge on any atom is 0.252 e. The molecule has 146 valence electrons. The van der Waals surface area contributed by atoms with E-state index in [1.165, 1.54) is 18.3 Å². The maximum absolute atomic E-state index is 12.4. The standard InChI is InChI=1S/C17H23N5O4S/c1-22-14(7-8-20-22)16-12(4-3-9-26-16)10-19-17(23)13-5-6-15(18-11-13)21-27(2,24)25/h5-8,11-12,16H,3-4,9-10H2,1-2H3,(H,18,21)(H,19,23)/t12-,16+/m0/s1. The molecule has 0 aliphatic carbocycles. The number of carbonyl (C=O) groups excluding carboxylic acids is 1. The van der Waals surface area contributed by atoms with E-state index in [1.807, 2.05) is 13.1 Å². The summed E-state index contributed by atoms with van der Waals surface area (Å²) >= 11 is 0. The maximum atomic E-state index is 12.4. The molecule has 0 bridgehead atoms. The number of anilines is 1. The fourth-order valence-corrected chi connectivity index (χ4v) is 3.65. The van der Waals surface area contributed by atoms with Crippen LogP contribution in [0.3, 0.4) is 0 Å². The van der Waals surface area contributed by atoms with Crippen molar-refractivity contribution in [1.29, 1.82) is 0 Å². The number of aryl methyl sites for hydroxylation is 1. The molecule has 1 aliphatic rings. The molecule has 2 atom stereocenters.